The Morgan fingerprint density at radius 2 is 2.21 bits per heavy atom. The summed E-state index contributed by atoms with van der Waals surface area (Å²) in [6.45, 7) is 4.54. The molecule has 2 unspecified atom stereocenters. The van der Waals surface area contributed by atoms with Crippen LogP contribution < -0.4 is 0 Å². The maximum absolute atomic E-state index is 5.96. The number of para-hydroxylation sites is 1. The minimum absolute atomic E-state index is 0.610. The summed E-state index contributed by atoms with van der Waals surface area (Å²) in [5.74, 6) is 2.64. The third kappa shape index (κ3) is 2.27. The highest BCUT2D eigenvalue weighted by Crippen LogP contribution is 2.37. The fourth-order valence-corrected chi connectivity index (χ4v) is 3.60. The van der Waals surface area contributed by atoms with E-state index in [0.717, 1.165) is 17.9 Å². The number of alkyl halides is 1. The number of nitrogens with zero attached hydrogens (tertiary/aromatic N) is 2. The molecule has 2 aromatic rings. The number of benzene rings is 1. The van der Waals surface area contributed by atoms with E-state index in [1.165, 1.54) is 36.2 Å². The SMILES string of the molecule is Cc1cccc2nc(CCCl)n(C3CCC(C)C3)c12. The van der Waals surface area contributed by atoms with E-state index in [1.54, 1.807) is 0 Å². The summed E-state index contributed by atoms with van der Waals surface area (Å²) in [6, 6.07) is 7.01. The second kappa shape index (κ2) is 5.16. The lowest BCUT2D eigenvalue weighted by molar-refractivity contribution is 0.489. The molecule has 0 saturated heterocycles. The molecule has 2 nitrogen and oxygen atoms in total. The second-order valence-electron chi connectivity index (χ2n) is 5.85. The summed E-state index contributed by atoms with van der Waals surface area (Å²) < 4.78 is 2.48. The molecule has 0 aliphatic heterocycles. The van der Waals surface area contributed by atoms with E-state index in [0.29, 0.717) is 11.9 Å². The molecule has 0 amide bonds. The zero-order chi connectivity index (χ0) is 13.4. The summed E-state index contributed by atoms with van der Waals surface area (Å²) in [7, 11) is 0. The second-order valence-corrected chi connectivity index (χ2v) is 6.23. The summed E-state index contributed by atoms with van der Waals surface area (Å²) in [5, 5.41) is 0. The van der Waals surface area contributed by atoms with Gasteiger partial charge in [-0.2, -0.15) is 0 Å². The van der Waals surface area contributed by atoms with Crippen molar-refractivity contribution in [3.63, 3.8) is 0 Å². The molecule has 0 radical (unpaired) electrons. The van der Waals surface area contributed by atoms with Gasteiger partial charge in [0.05, 0.1) is 11.0 Å². The minimum Gasteiger partial charge on any atom is -0.325 e. The van der Waals surface area contributed by atoms with Crippen molar-refractivity contribution in [1.82, 2.24) is 9.55 Å². The highest BCUT2D eigenvalue weighted by Gasteiger charge is 2.26. The summed E-state index contributed by atoms with van der Waals surface area (Å²) in [4.78, 5) is 4.81. The van der Waals surface area contributed by atoms with Gasteiger partial charge in [0.15, 0.2) is 0 Å². The van der Waals surface area contributed by atoms with E-state index in [1.807, 2.05) is 0 Å². The van der Waals surface area contributed by atoms with Crippen LogP contribution in [0.4, 0.5) is 0 Å². The molecule has 0 bridgehead atoms. The molecule has 19 heavy (non-hydrogen) atoms. The van der Waals surface area contributed by atoms with Crippen molar-refractivity contribution in [3.8, 4) is 0 Å². The summed E-state index contributed by atoms with van der Waals surface area (Å²) in [5.41, 5.74) is 3.77. The van der Waals surface area contributed by atoms with Crippen LogP contribution in [0.15, 0.2) is 18.2 Å². The van der Waals surface area contributed by atoms with Crippen LogP contribution in [0.2, 0.25) is 0 Å². The van der Waals surface area contributed by atoms with E-state index < -0.39 is 0 Å². The van der Waals surface area contributed by atoms with Gasteiger partial charge in [0, 0.05) is 18.3 Å². The number of imidazole rings is 1. The molecule has 1 aliphatic rings. The van der Waals surface area contributed by atoms with Crippen molar-refractivity contribution in [1.29, 1.82) is 0 Å². The molecule has 0 N–H and O–H groups in total. The molecule has 2 atom stereocenters. The number of rotatable bonds is 3. The van der Waals surface area contributed by atoms with Gasteiger partial charge in [-0.1, -0.05) is 19.1 Å². The monoisotopic (exact) mass is 276 g/mol. The van der Waals surface area contributed by atoms with Crippen LogP contribution in [0.3, 0.4) is 0 Å². The lowest BCUT2D eigenvalue weighted by Gasteiger charge is -2.17. The highest BCUT2D eigenvalue weighted by molar-refractivity contribution is 6.17. The number of aryl methyl sites for hydroxylation is 2. The van der Waals surface area contributed by atoms with Crippen molar-refractivity contribution in [2.45, 2.75) is 45.6 Å². The fourth-order valence-electron chi connectivity index (χ4n) is 3.43. The van der Waals surface area contributed by atoms with Crippen LogP contribution in [0.5, 0.6) is 0 Å². The molecular weight excluding hydrogens is 256 g/mol. The van der Waals surface area contributed by atoms with E-state index in [-0.39, 0.29) is 0 Å². The normalized spacial score (nSPS) is 23.3. The van der Waals surface area contributed by atoms with E-state index in [2.05, 4.69) is 36.6 Å². The molecule has 0 spiro atoms. The Morgan fingerprint density at radius 1 is 1.37 bits per heavy atom. The molecule has 3 rings (SSSR count). The Morgan fingerprint density at radius 3 is 2.89 bits per heavy atom. The third-order valence-electron chi connectivity index (χ3n) is 4.34. The van der Waals surface area contributed by atoms with E-state index in [9.17, 15) is 0 Å². The van der Waals surface area contributed by atoms with Gasteiger partial charge in [-0.3, -0.25) is 0 Å². The van der Waals surface area contributed by atoms with Crippen LogP contribution in [-0.4, -0.2) is 15.4 Å². The summed E-state index contributed by atoms with van der Waals surface area (Å²) in [6.07, 6.45) is 4.74. The number of halogens is 1. The van der Waals surface area contributed by atoms with Crippen LogP contribution in [-0.2, 0) is 6.42 Å². The molecule has 3 heteroatoms. The third-order valence-corrected chi connectivity index (χ3v) is 4.52. The topological polar surface area (TPSA) is 17.8 Å². The van der Waals surface area contributed by atoms with Crippen LogP contribution >= 0.6 is 11.6 Å². The molecule has 1 aromatic carbocycles. The highest BCUT2D eigenvalue weighted by atomic mass is 35.5. The van der Waals surface area contributed by atoms with Crippen molar-refractivity contribution >= 4 is 22.6 Å². The Balaban J connectivity index is 2.15. The lowest BCUT2D eigenvalue weighted by Crippen LogP contribution is -2.11. The predicted octanol–water partition coefficient (Wildman–Crippen LogP) is 4.49. The Hall–Kier alpha value is -1.02. The molecule has 1 fully saturated rings. The average molecular weight is 277 g/mol. The average Bonchev–Trinajstić information content (AvgIpc) is 2.94. The zero-order valence-electron chi connectivity index (χ0n) is 11.7. The van der Waals surface area contributed by atoms with E-state index in [4.69, 9.17) is 16.6 Å². The molecule has 1 aliphatic carbocycles. The molecular formula is C16H21ClN2. The first-order valence-electron chi connectivity index (χ1n) is 7.23. The first-order chi connectivity index (χ1) is 9.20. The number of fused-ring (bicyclic) bond motifs is 1. The molecule has 1 heterocycles. The van der Waals surface area contributed by atoms with Gasteiger partial charge in [0.25, 0.3) is 0 Å². The minimum atomic E-state index is 0.610. The van der Waals surface area contributed by atoms with Gasteiger partial charge in [0.1, 0.15) is 5.82 Å². The van der Waals surface area contributed by atoms with Crippen LogP contribution in [0, 0.1) is 12.8 Å². The summed E-state index contributed by atoms with van der Waals surface area (Å²) >= 11 is 5.96. The number of hydrogen-bond donors (Lipinski definition) is 0. The maximum Gasteiger partial charge on any atom is 0.111 e. The van der Waals surface area contributed by atoms with Gasteiger partial charge in [-0.05, 0) is 43.7 Å². The van der Waals surface area contributed by atoms with Crippen molar-refractivity contribution in [2.75, 3.05) is 5.88 Å². The maximum atomic E-state index is 5.96. The van der Waals surface area contributed by atoms with Crippen molar-refractivity contribution in [2.24, 2.45) is 5.92 Å². The zero-order valence-corrected chi connectivity index (χ0v) is 12.5. The predicted molar refractivity (Wildman–Crippen MR) is 80.9 cm³/mol. The van der Waals surface area contributed by atoms with E-state index >= 15 is 0 Å². The fraction of sp³-hybridized carbons (Fsp3) is 0.562. The van der Waals surface area contributed by atoms with Gasteiger partial charge in [-0.15, -0.1) is 11.6 Å². The Labute approximate surface area is 119 Å². The largest absolute Gasteiger partial charge is 0.325 e. The standard InChI is InChI=1S/C16H21ClN2/c1-11-6-7-13(10-11)19-15(8-9-17)18-14-5-3-4-12(2)16(14)19/h3-5,11,13H,6-10H2,1-2H3. The molecule has 1 saturated carbocycles. The van der Waals surface area contributed by atoms with Gasteiger partial charge < -0.3 is 4.57 Å². The van der Waals surface area contributed by atoms with Gasteiger partial charge in [0.2, 0.25) is 0 Å². The Bertz CT molecular complexity index is 588. The van der Waals surface area contributed by atoms with Gasteiger partial charge in [-0.25, -0.2) is 4.98 Å². The smallest absolute Gasteiger partial charge is 0.111 e. The molecule has 1 aromatic heterocycles. The number of aromatic nitrogens is 2. The quantitative estimate of drug-likeness (QED) is 0.756. The Kier molecular flexibility index (Phi) is 3.53. The number of hydrogen-bond acceptors (Lipinski definition) is 1. The van der Waals surface area contributed by atoms with Crippen LogP contribution in [0.25, 0.3) is 11.0 Å². The van der Waals surface area contributed by atoms with Gasteiger partial charge >= 0.3 is 0 Å². The first kappa shape index (κ1) is 13.0. The van der Waals surface area contributed by atoms with Crippen LogP contribution in [0.1, 0.15) is 43.6 Å². The van der Waals surface area contributed by atoms with Crippen molar-refractivity contribution < 1.29 is 0 Å². The first-order valence-corrected chi connectivity index (χ1v) is 7.76. The molecule has 102 valence electrons. The lowest BCUT2D eigenvalue weighted by atomic mass is 10.1. The van der Waals surface area contributed by atoms with Crippen molar-refractivity contribution in [3.05, 3.63) is 29.6 Å².